The Balaban J connectivity index is 2.70. The molecular formula is C11H16N2O3S. The highest BCUT2D eigenvalue weighted by Gasteiger charge is 2.20. The summed E-state index contributed by atoms with van der Waals surface area (Å²) in [6.45, 7) is 3.21. The van der Waals surface area contributed by atoms with Crippen LogP contribution in [0.2, 0.25) is 0 Å². The van der Waals surface area contributed by atoms with Gasteiger partial charge >= 0.3 is 0 Å². The molecule has 5 nitrogen and oxygen atoms in total. The lowest BCUT2D eigenvalue weighted by atomic mass is 10.1. The third kappa shape index (κ3) is 3.99. The summed E-state index contributed by atoms with van der Waals surface area (Å²) in [4.78, 5) is 14.7. The summed E-state index contributed by atoms with van der Waals surface area (Å²) in [6.07, 6.45) is -0.695. The largest absolute Gasteiger partial charge is 0.397 e. The van der Waals surface area contributed by atoms with Crippen molar-refractivity contribution in [3.8, 4) is 0 Å². The number of carbonyl (C=O) groups is 1. The van der Waals surface area contributed by atoms with Crippen molar-refractivity contribution < 1.29 is 15.0 Å². The molecule has 0 spiro atoms. The Morgan fingerprint density at radius 3 is 2.76 bits per heavy atom. The van der Waals surface area contributed by atoms with Crippen LogP contribution in [0.3, 0.4) is 0 Å². The highest BCUT2D eigenvalue weighted by Crippen LogP contribution is 2.21. The van der Waals surface area contributed by atoms with Crippen LogP contribution in [-0.4, -0.2) is 32.2 Å². The lowest BCUT2D eigenvalue weighted by Crippen LogP contribution is -2.22. The standard InChI is InChI=1S/C11H16N2O3S/c1-6-3-9(13-4-8(6)12)11(16)10(15)5-17-7(2)14/h3-4,10-11,15-16H,5,12H2,1-2H3. The van der Waals surface area contributed by atoms with Gasteiger partial charge in [0.1, 0.15) is 6.10 Å². The summed E-state index contributed by atoms with van der Waals surface area (Å²) in [5.41, 5.74) is 7.29. The second-order valence-corrected chi connectivity index (χ2v) is 4.98. The minimum atomic E-state index is -1.11. The zero-order valence-corrected chi connectivity index (χ0v) is 10.6. The number of nitrogens with two attached hydrogens (primary N) is 1. The molecule has 1 aromatic rings. The molecule has 0 aromatic carbocycles. The average molecular weight is 256 g/mol. The van der Waals surface area contributed by atoms with E-state index in [0.717, 1.165) is 17.3 Å². The van der Waals surface area contributed by atoms with Crippen molar-refractivity contribution in [3.05, 3.63) is 23.5 Å². The number of thioether (sulfide) groups is 1. The second-order valence-electron chi connectivity index (χ2n) is 3.78. The van der Waals surface area contributed by atoms with E-state index in [9.17, 15) is 15.0 Å². The van der Waals surface area contributed by atoms with E-state index in [-0.39, 0.29) is 10.9 Å². The molecule has 0 bridgehead atoms. The number of nitrogen functional groups attached to an aromatic ring is 1. The first-order valence-corrected chi connectivity index (χ1v) is 6.12. The van der Waals surface area contributed by atoms with E-state index < -0.39 is 12.2 Å². The van der Waals surface area contributed by atoms with Crippen molar-refractivity contribution in [2.24, 2.45) is 0 Å². The fourth-order valence-electron chi connectivity index (χ4n) is 1.24. The van der Waals surface area contributed by atoms with Gasteiger partial charge in [-0.2, -0.15) is 0 Å². The van der Waals surface area contributed by atoms with Gasteiger partial charge < -0.3 is 15.9 Å². The summed E-state index contributed by atoms with van der Waals surface area (Å²) in [5, 5.41) is 19.4. The van der Waals surface area contributed by atoms with Gasteiger partial charge in [0.2, 0.25) is 0 Å². The maximum absolute atomic E-state index is 10.7. The average Bonchev–Trinajstić information content (AvgIpc) is 2.28. The maximum atomic E-state index is 10.7. The minimum Gasteiger partial charge on any atom is -0.397 e. The van der Waals surface area contributed by atoms with Crippen LogP contribution in [0.5, 0.6) is 0 Å². The monoisotopic (exact) mass is 256 g/mol. The van der Waals surface area contributed by atoms with E-state index >= 15 is 0 Å². The van der Waals surface area contributed by atoms with Crippen LogP contribution in [0, 0.1) is 6.92 Å². The van der Waals surface area contributed by atoms with Gasteiger partial charge in [-0.1, -0.05) is 11.8 Å². The molecular weight excluding hydrogens is 240 g/mol. The Bertz CT molecular complexity index is 412. The quantitative estimate of drug-likeness (QED) is 0.732. The molecule has 0 radical (unpaired) electrons. The number of aromatic nitrogens is 1. The molecule has 1 rings (SSSR count). The Hall–Kier alpha value is -1.11. The molecule has 0 aliphatic carbocycles. The Morgan fingerprint density at radius 1 is 1.59 bits per heavy atom. The molecule has 4 N–H and O–H groups in total. The molecule has 0 amide bonds. The Morgan fingerprint density at radius 2 is 2.24 bits per heavy atom. The summed E-state index contributed by atoms with van der Waals surface area (Å²) in [5.74, 6) is 0.140. The highest BCUT2D eigenvalue weighted by atomic mass is 32.2. The number of aryl methyl sites for hydroxylation is 1. The number of hydrogen-bond donors (Lipinski definition) is 3. The Kier molecular flexibility index (Phi) is 4.92. The van der Waals surface area contributed by atoms with Gasteiger partial charge in [0.25, 0.3) is 0 Å². The first-order chi connectivity index (χ1) is 7.91. The molecule has 6 heteroatoms. The topological polar surface area (TPSA) is 96.4 Å². The normalized spacial score (nSPS) is 14.4. The third-order valence-corrected chi connectivity index (χ3v) is 3.21. The van der Waals surface area contributed by atoms with Crippen LogP contribution in [0.1, 0.15) is 24.3 Å². The molecule has 94 valence electrons. The SMILES string of the molecule is CC(=O)SCC(O)C(O)c1cc(C)c(N)cn1. The van der Waals surface area contributed by atoms with Crippen LogP contribution in [0.4, 0.5) is 5.69 Å². The van der Waals surface area contributed by atoms with Gasteiger partial charge in [0.05, 0.1) is 23.7 Å². The second kappa shape index (κ2) is 6.00. The lowest BCUT2D eigenvalue weighted by Gasteiger charge is -2.17. The first-order valence-electron chi connectivity index (χ1n) is 5.13. The number of hydrogen-bond acceptors (Lipinski definition) is 6. The van der Waals surface area contributed by atoms with E-state index in [2.05, 4.69) is 4.98 Å². The van der Waals surface area contributed by atoms with Crippen LogP contribution in [0.15, 0.2) is 12.3 Å². The number of nitrogens with zero attached hydrogens (tertiary/aromatic N) is 1. The molecule has 1 heterocycles. The molecule has 2 unspecified atom stereocenters. The van der Waals surface area contributed by atoms with Crippen LogP contribution in [0.25, 0.3) is 0 Å². The van der Waals surface area contributed by atoms with Crippen molar-refractivity contribution in [1.29, 1.82) is 0 Å². The molecule has 1 aromatic heterocycles. The summed E-state index contributed by atoms with van der Waals surface area (Å²) >= 11 is 0.968. The van der Waals surface area contributed by atoms with E-state index in [1.165, 1.54) is 13.1 Å². The highest BCUT2D eigenvalue weighted by molar-refractivity contribution is 8.13. The van der Waals surface area contributed by atoms with Gasteiger partial charge in [0.15, 0.2) is 5.12 Å². The summed E-state index contributed by atoms with van der Waals surface area (Å²) in [6, 6.07) is 1.63. The first kappa shape index (κ1) is 14.0. The number of anilines is 1. The molecule has 2 atom stereocenters. The van der Waals surface area contributed by atoms with Crippen molar-refractivity contribution >= 4 is 22.6 Å². The molecule has 0 aliphatic heterocycles. The zero-order valence-electron chi connectivity index (χ0n) is 9.75. The van der Waals surface area contributed by atoms with Gasteiger partial charge in [-0.05, 0) is 18.6 Å². The fraction of sp³-hybridized carbons (Fsp3) is 0.455. The van der Waals surface area contributed by atoms with Gasteiger partial charge in [-0.25, -0.2) is 0 Å². The fourth-order valence-corrected chi connectivity index (χ4v) is 1.83. The smallest absolute Gasteiger partial charge is 0.185 e. The molecule has 17 heavy (non-hydrogen) atoms. The molecule has 0 fully saturated rings. The van der Waals surface area contributed by atoms with Crippen LogP contribution >= 0.6 is 11.8 Å². The zero-order chi connectivity index (χ0) is 13.0. The van der Waals surface area contributed by atoms with Gasteiger partial charge in [-0.3, -0.25) is 9.78 Å². The molecule has 0 aliphatic rings. The van der Waals surface area contributed by atoms with Crippen LogP contribution < -0.4 is 5.73 Å². The molecule has 0 saturated heterocycles. The molecule has 0 saturated carbocycles. The number of aliphatic hydroxyl groups is 2. The van der Waals surface area contributed by atoms with Gasteiger partial charge in [0, 0.05) is 12.7 Å². The predicted octanol–water partition coefficient (Wildman–Crippen LogP) is 0.646. The number of rotatable bonds is 4. The lowest BCUT2D eigenvalue weighted by molar-refractivity contribution is -0.109. The van der Waals surface area contributed by atoms with Crippen molar-refractivity contribution in [2.45, 2.75) is 26.1 Å². The van der Waals surface area contributed by atoms with E-state index in [1.54, 1.807) is 13.0 Å². The van der Waals surface area contributed by atoms with Crippen molar-refractivity contribution in [2.75, 3.05) is 11.5 Å². The van der Waals surface area contributed by atoms with Crippen LogP contribution in [-0.2, 0) is 4.79 Å². The summed E-state index contributed by atoms with van der Waals surface area (Å²) in [7, 11) is 0. The van der Waals surface area contributed by atoms with Gasteiger partial charge in [-0.15, -0.1) is 0 Å². The minimum absolute atomic E-state index is 0.0994. The third-order valence-electron chi connectivity index (χ3n) is 2.30. The van der Waals surface area contributed by atoms with Crippen molar-refractivity contribution in [3.63, 3.8) is 0 Å². The predicted molar refractivity (Wildman–Crippen MR) is 67.5 cm³/mol. The number of aliphatic hydroxyl groups excluding tert-OH is 2. The van der Waals surface area contributed by atoms with E-state index in [0.29, 0.717) is 11.4 Å². The van der Waals surface area contributed by atoms with E-state index in [1.807, 2.05) is 0 Å². The number of carbonyl (C=O) groups excluding carboxylic acids is 1. The summed E-state index contributed by atoms with van der Waals surface area (Å²) < 4.78 is 0. The van der Waals surface area contributed by atoms with E-state index in [4.69, 9.17) is 5.73 Å². The maximum Gasteiger partial charge on any atom is 0.185 e. The number of pyridine rings is 1. The Labute approximate surface area is 104 Å². The van der Waals surface area contributed by atoms with Crippen molar-refractivity contribution in [1.82, 2.24) is 4.98 Å².